The number of carbonyl (C=O) groups is 1. The highest BCUT2D eigenvalue weighted by Crippen LogP contribution is 2.33. The van der Waals surface area contributed by atoms with Crippen molar-refractivity contribution in [3.05, 3.63) is 40.8 Å². The van der Waals surface area contributed by atoms with Crippen molar-refractivity contribution in [3.8, 4) is 10.6 Å². The second-order valence-electron chi connectivity index (χ2n) is 7.15. The first-order valence-electron chi connectivity index (χ1n) is 9.69. The lowest BCUT2D eigenvalue weighted by atomic mass is 10.1. The fraction of sp³-hybridized carbons (Fsp3) is 0.400. The van der Waals surface area contributed by atoms with E-state index in [1.807, 2.05) is 12.1 Å². The standard InChI is InChI=1S/C20H24N6O2S/c1-22-11-14(9-21)26-8-6-16-18(20(26)28)29-19(24-16)13-4-5-17(23-10-13)25-7-2-3-15(27)12-25/h4-5,9-11,15,21-22,27H,2-3,6-8,12H2,1H3/b14-11+,21-9?/t15-/m0/s1. The number of rotatable bonds is 5. The summed E-state index contributed by atoms with van der Waals surface area (Å²) in [6.45, 7) is 2.01. The van der Waals surface area contributed by atoms with Crippen LogP contribution in [0.2, 0.25) is 0 Å². The van der Waals surface area contributed by atoms with Crippen molar-refractivity contribution in [2.75, 3.05) is 31.6 Å². The molecule has 0 aliphatic carbocycles. The van der Waals surface area contributed by atoms with E-state index in [0.29, 0.717) is 30.1 Å². The summed E-state index contributed by atoms with van der Waals surface area (Å²) < 4.78 is 0. The van der Waals surface area contributed by atoms with Crippen LogP contribution in [0.3, 0.4) is 0 Å². The monoisotopic (exact) mass is 412 g/mol. The van der Waals surface area contributed by atoms with Crippen LogP contribution in [-0.4, -0.2) is 64.9 Å². The predicted molar refractivity (Wildman–Crippen MR) is 113 cm³/mol. The Morgan fingerprint density at radius 2 is 2.28 bits per heavy atom. The molecule has 1 fully saturated rings. The summed E-state index contributed by atoms with van der Waals surface area (Å²) in [6, 6.07) is 3.92. The first kappa shape index (κ1) is 19.5. The molecule has 1 atom stereocenters. The first-order chi connectivity index (χ1) is 14.1. The zero-order valence-corrected chi connectivity index (χ0v) is 17.1. The average molecular weight is 413 g/mol. The number of anilines is 1. The van der Waals surface area contributed by atoms with Crippen molar-refractivity contribution in [1.29, 1.82) is 5.41 Å². The van der Waals surface area contributed by atoms with Gasteiger partial charge in [0.05, 0.1) is 17.5 Å². The molecule has 3 N–H and O–H groups in total. The second kappa shape index (κ2) is 8.30. The first-order valence-corrected chi connectivity index (χ1v) is 10.5. The molecule has 2 aliphatic rings. The summed E-state index contributed by atoms with van der Waals surface area (Å²) in [4.78, 5) is 26.5. The maximum atomic E-state index is 12.9. The highest BCUT2D eigenvalue weighted by Gasteiger charge is 2.30. The Hall–Kier alpha value is -2.78. The van der Waals surface area contributed by atoms with E-state index in [9.17, 15) is 9.90 Å². The fourth-order valence-electron chi connectivity index (χ4n) is 3.71. The third kappa shape index (κ3) is 3.88. The van der Waals surface area contributed by atoms with E-state index in [1.54, 1.807) is 24.3 Å². The molecule has 1 saturated heterocycles. The number of nitrogens with zero attached hydrogens (tertiary/aromatic N) is 4. The third-order valence-corrected chi connectivity index (χ3v) is 6.31. The third-order valence-electron chi connectivity index (χ3n) is 5.18. The largest absolute Gasteiger partial charge is 0.392 e. The van der Waals surface area contributed by atoms with E-state index >= 15 is 0 Å². The average Bonchev–Trinajstić information content (AvgIpc) is 3.18. The molecule has 29 heavy (non-hydrogen) atoms. The number of thiazole rings is 1. The van der Waals surface area contributed by atoms with Gasteiger partial charge in [0.2, 0.25) is 0 Å². The smallest absolute Gasteiger partial charge is 0.270 e. The molecule has 0 radical (unpaired) electrons. The van der Waals surface area contributed by atoms with Crippen LogP contribution < -0.4 is 10.2 Å². The van der Waals surface area contributed by atoms with Gasteiger partial charge in [0.25, 0.3) is 5.91 Å². The van der Waals surface area contributed by atoms with E-state index in [2.05, 4.69) is 20.2 Å². The summed E-state index contributed by atoms with van der Waals surface area (Å²) in [7, 11) is 1.75. The van der Waals surface area contributed by atoms with Crippen LogP contribution in [0.1, 0.15) is 28.2 Å². The van der Waals surface area contributed by atoms with Crippen LogP contribution in [0.4, 0.5) is 5.82 Å². The van der Waals surface area contributed by atoms with E-state index in [-0.39, 0.29) is 12.0 Å². The number of carbonyl (C=O) groups excluding carboxylic acids is 1. The molecule has 0 unspecified atom stereocenters. The van der Waals surface area contributed by atoms with Gasteiger partial charge in [0, 0.05) is 57.3 Å². The minimum Gasteiger partial charge on any atom is -0.392 e. The maximum absolute atomic E-state index is 12.9. The lowest BCUT2D eigenvalue weighted by molar-refractivity contribution is 0.0804. The summed E-state index contributed by atoms with van der Waals surface area (Å²) in [5, 5.41) is 21.1. The summed E-state index contributed by atoms with van der Waals surface area (Å²) in [5.41, 5.74) is 2.22. The number of β-amino-alcohol motifs (C(OH)–C–C–N with tert-alkyl or cyclic N) is 1. The van der Waals surface area contributed by atoms with Gasteiger partial charge in [-0.15, -0.1) is 11.3 Å². The van der Waals surface area contributed by atoms with Crippen molar-refractivity contribution in [2.24, 2.45) is 0 Å². The van der Waals surface area contributed by atoms with Gasteiger partial charge in [-0.25, -0.2) is 9.97 Å². The number of aliphatic hydroxyl groups is 1. The number of hydrogen-bond donors (Lipinski definition) is 3. The van der Waals surface area contributed by atoms with Crippen LogP contribution >= 0.6 is 11.3 Å². The number of hydrogen-bond acceptors (Lipinski definition) is 8. The molecule has 1 amide bonds. The summed E-state index contributed by atoms with van der Waals surface area (Å²) in [5.74, 6) is 0.732. The van der Waals surface area contributed by atoms with Crippen molar-refractivity contribution in [3.63, 3.8) is 0 Å². The molecule has 152 valence electrons. The van der Waals surface area contributed by atoms with Gasteiger partial charge in [-0.3, -0.25) is 4.79 Å². The van der Waals surface area contributed by atoms with E-state index in [4.69, 9.17) is 5.41 Å². The molecule has 0 spiro atoms. The van der Waals surface area contributed by atoms with Gasteiger partial charge >= 0.3 is 0 Å². The number of piperidine rings is 1. The minimum atomic E-state index is -0.298. The summed E-state index contributed by atoms with van der Waals surface area (Å²) in [6.07, 6.45) is 6.78. The van der Waals surface area contributed by atoms with Gasteiger partial charge < -0.3 is 25.6 Å². The highest BCUT2D eigenvalue weighted by molar-refractivity contribution is 7.17. The molecule has 0 aromatic carbocycles. The molecule has 0 saturated carbocycles. The number of fused-ring (bicyclic) bond motifs is 1. The number of nitrogens with one attached hydrogen (secondary N) is 2. The molecule has 8 nitrogen and oxygen atoms in total. The zero-order valence-electron chi connectivity index (χ0n) is 16.3. The topological polar surface area (TPSA) is 105 Å². The van der Waals surface area contributed by atoms with E-state index in [0.717, 1.165) is 41.5 Å². The molecular formula is C20H24N6O2S. The van der Waals surface area contributed by atoms with E-state index < -0.39 is 0 Å². The van der Waals surface area contributed by atoms with Crippen molar-refractivity contribution in [2.45, 2.75) is 25.4 Å². The molecule has 4 rings (SSSR count). The van der Waals surface area contributed by atoms with Gasteiger partial charge in [-0.2, -0.15) is 0 Å². The number of pyridine rings is 1. The van der Waals surface area contributed by atoms with Gasteiger partial charge in [-0.05, 0) is 25.0 Å². The molecular weight excluding hydrogens is 388 g/mol. The molecule has 2 aromatic rings. The molecule has 2 aliphatic heterocycles. The van der Waals surface area contributed by atoms with Gasteiger partial charge in [0.1, 0.15) is 15.7 Å². The Balaban J connectivity index is 1.55. The molecule has 2 aromatic heterocycles. The summed E-state index contributed by atoms with van der Waals surface area (Å²) >= 11 is 1.37. The van der Waals surface area contributed by atoms with Crippen molar-refractivity contribution >= 4 is 29.3 Å². The number of aliphatic hydroxyl groups excluding tert-OH is 1. The zero-order chi connectivity index (χ0) is 20.4. The van der Waals surface area contributed by atoms with Crippen LogP contribution in [0.5, 0.6) is 0 Å². The fourth-order valence-corrected chi connectivity index (χ4v) is 4.76. The maximum Gasteiger partial charge on any atom is 0.270 e. The number of amides is 1. The molecule has 9 heteroatoms. The van der Waals surface area contributed by atoms with Crippen molar-refractivity contribution in [1.82, 2.24) is 20.2 Å². The molecule has 4 heterocycles. The Bertz CT molecular complexity index is 939. The number of allylic oxidation sites excluding steroid dienone is 1. The highest BCUT2D eigenvalue weighted by atomic mass is 32.1. The Morgan fingerprint density at radius 3 is 2.97 bits per heavy atom. The van der Waals surface area contributed by atoms with Gasteiger partial charge in [-0.1, -0.05) is 0 Å². The van der Waals surface area contributed by atoms with Crippen LogP contribution in [0.25, 0.3) is 10.6 Å². The SMILES string of the molecule is CN/C=C(\C=N)N1CCc2nc(-c3ccc(N4CCC[C@H](O)C4)nc3)sc2C1=O. The predicted octanol–water partition coefficient (Wildman–Crippen LogP) is 1.87. The lowest BCUT2D eigenvalue weighted by Gasteiger charge is -2.30. The minimum absolute atomic E-state index is 0.119. The van der Waals surface area contributed by atoms with E-state index in [1.165, 1.54) is 17.6 Å². The quantitative estimate of drug-likeness (QED) is 0.648. The Labute approximate surface area is 173 Å². The Morgan fingerprint density at radius 1 is 1.41 bits per heavy atom. The van der Waals surface area contributed by atoms with Crippen LogP contribution in [0.15, 0.2) is 30.2 Å². The second-order valence-corrected chi connectivity index (χ2v) is 8.15. The van der Waals surface area contributed by atoms with Gasteiger partial charge in [0.15, 0.2) is 0 Å². The molecule has 0 bridgehead atoms. The van der Waals surface area contributed by atoms with Crippen LogP contribution in [-0.2, 0) is 6.42 Å². The van der Waals surface area contributed by atoms with Crippen LogP contribution in [0, 0.1) is 5.41 Å². The lowest BCUT2D eigenvalue weighted by Crippen LogP contribution is -2.38. The van der Waals surface area contributed by atoms with Crippen molar-refractivity contribution < 1.29 is 9.90 Å². The number of aromatic nitrogens is 2. The Kier molecular flexibility index (Phi) is 5.59. The normalized spacial score (nSPS) is 19.9.